The predicted octanol–water partition coefficient (Wildman–Crippen LogP) is 2.29. The Morgan fingerprint density at radius 1 is 1.45 bits per heavy atom. The van der Waals surface area contributed by atoms with E-state index in [-0.39, 0.29) is 17.8 Å². The average Bonchev–Trinajstić information content (AvgIpc) is 3.01. The van der Waals surface area contributed by atoms with Crippen LogP contribution in [0, 0.1) is 5.82 Å². The number of hydrogen-bond donors (Lipinski definition) is 1. The van der Waals surface area contributed by atoms with Crippen LogP contribution in [0.5, 0.6) is 0 Å². The molecule has 0 bridgehead atoms. The van der Waals surface area contributed by atoms with Gasteiger partial charge < -0.3 is 10.1 Å². The first-order valence-electron chi connectivity index (χ1n) is 6.99. The first kappa shape index (κ1) is 15.1. The van der Waals surface area contributed by atoms with E-state index in [1.165, 1.54) is 23.5 Å². The summed E-state index contributed by atoms with van der Waals surface area (Å²) in [7, 11) is 0. The molecule has 1 aromatic carbocycles. The van der Waals surface area contributed by atoms with Crippen LogP contribution >= 0.6 is 11.3 Å². The fourth-order valence-corrected chi connectivity index (χ4v) is 2.92. The third kappa shape index (κ3) is 3.88. The average molecular weight is 321 g/mol. The Hall–Kier alpha value is -1.83. The molecule has 1 aliphatic rings. The summed E-state index contributed by atoms with van der Waals surface area (Å²) in [5, 5.41) is 5.19. The van der Waals surface area contributed by atoms with Crippen LogP contribution in [-0.2, 0) is 9.53 Å². The number of nitrogens with zero attached hydrogens (tertiary/aromatic N) is 2. The lowest BCUT2D eigenvalue weighted by Crippen LogP contribution is -2.42. The van der Waals surface area contributed by atoms with Crippen LogP contribution in [0.15, 0.2) is 35.8 Å². The number of amides is 1. The van der Waals surface area contributed by atoms with E-state index >= 15 is 0 Å². The highest BCUT2D eigenvalue weighted by Gasteiger charge is 2.23. The number of carbonyl (C=O) groups excluding carboxylic acids is 1. The molecule has 0 spiro atoms. The van der Waals surface area contributed by atoms with Crippen molar-refractivity contribution < 1.29 is 13.9 Å². The molecule has 3 rings (SSSR count). The number of rotatable bonds is 4. The second-order valence-corrected chi connectivity index (χ2v) is 5.93. The number of anilines is 1. The summed E-state index contributed by atoms with van der Waals surface area (Å²) in [6.07, 6.45) is 1.52. The fraction of sp³-hybridized carbons (Fsp3) is 0.333. The molecule has 1 aromatic heterocycles. The number of aromatic nitrogens is 1. The third-order valence-corrected chi connectivity index (χ3v) is 4.13. The highest BCUT2D eigenvalue weighted by molar-refractivity contribution is 7.13. The molecule has 0 radical (unpaired) electrons. The number of nitrogens with one attached hydrogen (secondary N) is 1. The summed E-state index contributed by atoms with van der Waals surface area (Å²) < 4.78 is 18.7. The Balaban J connectivity index is 1.56. The van der Waals surface area contributed by atoms with Gasteiger partial charge in [-0.1, -0.05) is 12.1 Å². The van der Waals surface area contributed by atoms with Gasteiger partial charge in [0.2, 0.25) is 5.91 Å². The van der Waals surface area contributed by atoms with Gasteiger partial charge in [-0.2, -0.15) is 0 Å². The zero-order valence-corrected chi connectivity index (χ0v) is 12.7. The smallest absolute Gasteiger partial charge is 0.240 e. The first-order valence-corrected chi connectivity index (χ1v) is 7.87. The molecule has 0 aliphatic carbocycles. The summed E-state index contributed by atoms with van der Waals surface area (Å²) in [6.45, 7) is 2.15. The van der Waals surface area contributed by atoms with Crippen molar-refractivity contribution in [2.45, 2.75) is 6.10 Å². The quantitative estimate of drug-likeness (QED) is 0.939. The molecular formula is C15H16FN3O2S. The Bertz CT molecular complexity index is 618. The van der Waals surface area contributed by atoms with E-state index in [9.17, 15) is 9.18 Å². The second-order valence-electron chi connectivity index (χ2n) is 5.03. The van der Waals surface area contributed by atoms with Crippen LogP contribution in [0.3, 0.4) is 0 Å². The number of carbonyl (C=O) groups is 1. The summed E-state index contributed by atoms with van der Waals surface area (Å²) in [6, 6.07) is 6.29. The molecule has 5 nitrogen and oxygen atoms in total. The number of hydrogen-bond acceptors (Lipinski definition) is 5. The van der Waals surface area contributed by atoms with Gasteiger partial charge in [-0.05, 0) is 17.7 Å². The Kier molecular flexibility index (Phi) is 4.77. The number of benzene rings is 1. The van der Waals surface area contributed by atoms with Crippen molar-refractivity contribution in [3.8, 4) is 0 Å². The normalized spacial score (nSPS) is 19.0. The van der Waals surface area contributed by atoms with E-state index < -0.39 is 0 Å². The number of morpholine rings is 1. The van der Waals surface area contributed by atoms with Crippen molar-refractivity contribution in [1.82, 2.24) is 9.88 Å². The molecule has 1 unspecified atom stereocenters. The summed E-state index contributed by atoms with van der Waals surface area (Å²) in [4.78, 5) is 18.0. The molecule has 1 atom stereocenters. The van der Waals surface area contributed by atoms with Gasteiger partial charge in [0.15, 0.2) is 5.13 Å². The minimum Gasteiger partial charge on any atom is -0.371 e. The molecule has 22 heavy (non-hydrogen) atoms. The van der Waals surface area contributed by atoms with E-state index in [4.69, 9.17) is 4.74 Å². The lowest BCUT2D eigenvalue weighted by Gasteiger charge is -2.32. The Morgan fingerprint density at radius 2 is 2.27 bits per heavy atom. The standard InChI is InChI=1S/C15H16FN3O2S/c16-12-3-1-11(2-4-12)13-9-19(6-7-21-13)10-14(20)18-15-17-5-8-22-15/h1-5,8,13H,6-7,9-10H2,(H,17,18,20). The van der Waals surface area contributed by atoms with Gasteiger partial charge in [-0.3, -0.25) is 9.69 Å². The zero-order chi connectivity index (χ0) is 15.4. The van der Waals surface area contributed by atoms with Crippen molar-refractivity contribution in [3.63, 3.8) is 0 Å². The van der Waals surface area contributed by atoms with Crippen molar-refractivity contribution in [3.05, 3.63) is 47.2 Å². The van der Waals surface area contributed by atoms with Gasteiger partial charge in [0.1, 0.15) is 5.82 Å². The Morgan fingerprint density at radius 3 is 3.00 bits per heavy atom. The monoisotopic (exact) mass is 321 g/mol. The fourth-order valence-electron chi connectivity index (χ4n) is 2.37. The number of halogens is 1. The summed E-state index contributed by atoms with van der Waals surface area (Å²) in [5.74, 6) is -0.353. The van der Waals surface area contributed by atoms with Gasteiger partial charge in [0.25, 0.3) is 0 Å². The van der Waals surface area contributed by atoms with Gasteiger partial charge >= 0.3 is 0 Å². The van der Waals surface area contributed by atoms with Crippen LogP contribution in [-0.4, -0.2) is 42.0 Å². The van der Waals surface area contributed by atoms with Gasteiger partial charge in [-0.25, -0.2) is 9.37 Å². The minimum absolute atomic E-state index is 0.0882. The molecule has 7 heteroatoms. The van der Waals surface area contributed by atoms with E-state index in [0.717, 1.165) is 5.56 Å². The molecule has 1 amide bonds. The first-order chi connectivity index (χ1) is 10.7. The second kappa shape index (κ2) is 6.95. The maximum absolute atomic E-state index is 13.0. The van der Waals surface area contributed by atoms with E-state index in [2.05, 4.69) is 10.3 Å². The summed E-state index contributed by atoms with van der Waals surface area (Å²) in [5.41, 5.74) is 0.923. The zero-order valence-electron chi connectivity index (χ0n) is 11.9. The van der Waals surface area contributed by atoms with Gasteiger partial charge in [0, 0.05) is 24.7 Å². The topological polar surface area (TPSA) is 54.5 Å². The number of ether oxygens (including phenoxy) is 1. The molecular weight excluding hydrogens is 305 g/mol. The molecule has 2 aromatic rings. The van der Waals surface area contributed by atoms with Crippen LogP contribution in [0.2, 0.25) is 0 Å². The van der Waals surface area contributed by atoms with E-state index in [1.807, 2.05) is 10.3 Å². The molecule has 1 aliphatic heterocycles. The van der Waals surface area contributed by atoms with Crippen molar-refractivity contribution in [1.29, 1.82) is 0 Å². The van der Waals surface area contributed by atoms with Crippen LogP contribution in [0.25, 0.3) is 0 Å². The van der Waals surface area contributed by atoms with E-state index in [1.54, 1.807) is 18.3 Å². The van der Waals surface area contributed by atoms with Crippen molar-refractivity contribution in [2.75, 3.05) is 31.6 Å². The minimum atomic E-state index is -0.265. The lowest BCUT2D eigenvalue weighted by atomic mass is 10.1. The largest absolute Gasteiger partial charge is 0.371 e. The molecule has 1 saturated heterocycles. The lowest BCUT2D eigenvalue weighted by molar-refractivity contribution is -0.119. The van der Waals surface area contributed by atoms with Crippen molar-refractivity contribution >= 4 is 22.4 Å². The van der Waals surface area contributed by atoms with Crippen LogP contribution < -0.4 is 5.32 Å². The molecule has 0 saturated carbocycles. The summed E-state index contributed by atoms with van der Waals surface area (Å²) >= 11 is 1.39. The predicted molar refractivity (Wildman–Crippen MR) is 82.3 cm³/mol. The highest BCUT2D eigenvalue weighted by Crippen LogP contribution is 2.22. The van der Waals surface area contributed by atoms with Gasteiger partial charge in [-0.15, -0.1) is 11.3 Å². The highest BCUT2D eigenvalue weighted by atomic mass is 32.1. The Labute approximate surface area is 131 Å². The van der Waals surface area contributed by atoms with E-state index in [0.29, 0.717) is 31.4 Å². The number of thiazole rings is 1. The third-order valence-electron chi connectivity index (χ3n) is 3.44. The maximum atomic E-state index is 13.0. The molecule has 1 fully saturated rings. The SMILES string of the molecule is O=C(CN1CCOC(c2ccc(F)cc2)C1)Nc1nccs1. The molecule has 1 N–H and O–H groups in total. The molecule has 116 valence electrons. The van der Waals surface area contributed by atoms with Crippen molar-refractivity contribution in [2.24, 2.45) is 0 Å². The van der Waals surface area contributed by atoms with Crippen LogP contribution in [0.4, 0.5) is 9.52 Å². The maximum Gasteiger partial charge on any atom is 0.240 e. The van der Waals surface area contributed by atoms with Crippen LogP contribution in [0.1, 0.15) is 11.7 Å². The molecule has 2 heterocycles. The van der Waals surface area contributed by atoms with Gasteiger partial charge in [0.05, 0.1) is 19.3 Å².